The first-order valence-corrected chi connectivity index (χ1v) is 12.9. The van der Waals surface area contributed by atoms with Gasteiger partial charge in [0.25, 0.3) is 0 Å². The van der Waals surface area contributed by atoms with Gasteiger partial charge in [0.1, 0.15) is 5.82 Å². The average molecular weight is 480 g/mol. The van der Waals surface area contributed by atoms with Crippen LogP contribution in [-0.2, 0) is 0 Å². The van der Waals surface area contributed by atoms with E-state index in [0.717, 1.165) is 18.5 Å². The van der Waals surface area contributed by atoms with Crippen LogP contribution in [0.15, 0.2) is 40.2 Å². The van der Waals surface area contributed by atoms with Crippen LogP contribution in [0.25, 0.3) is 0 Å². The van der Waals surface area contributed by atoms with Gasteiger partial charge in [0, 0.05) is 36.7 Å². The van der Waals surface area contributed by atoms with E-state index < -0.39 is 0 Å². The molecular formula is C26H43ClFN5. The lowest BCUT2D eigenvalue weighted by atomic mass is 9.92. The van der Waals surface area contributed by atoms with Crippen LogP contribution in [0.2, 0.25) is 5.02 Å². The van der Waals surface area contributed by atoms with E-state index in [-0.39, 0.29) is 17.9 Å². The summed E-state index contributed by atoms with van der Waals surface area (Å²) in [7, 11) is 1.95. The predicted octanol–water partition coefficient (Wildman–Crippen LogP) is 7.35. The molecule has 33 heavy (non-hydrogen) atoms. The van der Waals surface area contributed by atoms with Crippen molar-refractivity contribution in [1.82, 2.24) is 9.91 Å². The van der Waals surface area contributed by atoms with Crippen LogP contribution >= 0.6 is 11.6 Å². The van der Waals surface area contributed by atoms with Gasteiger partial charge in [0.2, 0.25) is 0 Å². The summed E-state index contributed by atoms with van der Waals surface area (Å²) < 4.78 is 14.2. The van der Waals surface area contributed by atoms with Crippen LogP contribution < -0.4 is 5.32 Å². The second kappa shape index (κ2) is 13.9. The number of anilines is 1. The summed E-state index contributed by atoms with van der Waals surface area (Å²) in [5, 5.41) is 14.8. The molecular weight excluding hydrogens is 437 g/mol. The molecule has 186 valence electrons. The van der Waals surface area contributed by atoms with Crippen molar-refractivity contribution in [2.45, 2.75) is 97.3 Å². The minimum atomic E-state index is -0.303. The van der Waals surface area contributed by atoms with Crippen LogP contribution in [0, 0.1) is 5.82 Å². The van der Waals surface area contributed by atoms with Crippen LogP contribution in [-0.4, -0.2) is 54.2 Å². The Bertz CT molecular complexity index is 778. The van der Waals surface area contributed by atoms with Gasteiger partial charge in [-0.15, -0.1) is 0 Å². The molecule has 0 radical (unpaired) electrons. The highest BCUT2D eigenvalue weighted by atomic mass is 35.5. The Morgan fingerprint density at radius 1 is 1.27 bits per heavy atom. The second-order valence-electron chi connectivity index (χ2n) is 9.33. The molecule has 0 aliphatic heterocycles. The molecule has 1 fully saturated rings. The molecule has 0 saturated heterocycles. The summed E-state index contributed by atoms with van der Waals surface area (Å²) in [6, 6.07) is 5.73. The summed E-state index contributed by atoms with van der Waals surface area (Å²) in [6.45, 7) is 12.5. The van der Waals surface area contributed by atoms with E-state index >= 15 is 0 Å². The third-order valence-electron chi connectivity index (χ3n) is 7.02. The molecule has 7 heteroatoms. The van der Waals surface area contributed by atoms with Crippen LogP contribution in [0.5, 0.6) is 0 Å². The molecule has 1 aromatic rings. The van der Waals surface area contributed by atoms with Gasteiger partial charge in [-0.05, 0) is 71.7 Å². The van der Waals surface area contributed by atoms with Crippen molar-refractivity contribution in [2.75, 3.05) is 25.5 Å². The number of likely N-dealkylation sites (N-methyl/N-ethyl adjacent to an activating group) is 1. The Hall–Kier alpha value is -1.66. The Morgan fingerprint density at radius 2 is 1.97 bits per heavy atom. The van der Waals surface area contributed by atoms with E-state index in [4.69, 9.17) is 11.6 Å². The van der Waals surface area contributed by atoms with Crippen molar-refractivity contribution in [1.29, 1.82) is 0 Å². The number of benzene rings is 1. The first-order chi connectivity index (χ1) is 15.8. The van der Waals surface area contributed by atoms with E-state index in [9.17, 15) is 4.39 Å². The SMILES string of the molecule is C/C=C(\C)C(CCN(C)/N=N\[C@@H](C)C(C)N(CC)C1CCCCC1)Nc1cc(Cl)ccc1F. The minimum absolute atomic E-state index is 0.0150. The smallest absolute Gasteiger partial charge is 0.146 e. The van der Waals surface area contributed by atoms with Gasteiger partial charge >= 0.3 is 0 Å². The van der Waals surface area contributed by atoms with Gasteiger partial charge in [0.05, 0.1) is 11.7 Å². The van der Waals surface area contributed by atoms with Gasteiger partial charge in [-0.3, -0.25) is 9.91 Å². The molecule has 1 saturated carbocycles. The molecule has 1 N–H and O–H groups in total. The third kappa shape index (κ3) is 8.56. The van der Waals surface area contributed by atoms with Crippen molar-refractivity contribution in [3.05, 3.63) is 40.7 Å². The Morgan fingerprint density at radius 3 is 2.61 bits per heavy atom. The normalized spacial score (nSPS) is 18.5. The quantitative estimate of drug-likeness (QED) is 0.193. The van der Waals surface area contributed by atoms with E-state index in [1.165, 1.54) is 38.2 Å². The highest BCUT2D eigenvalue weighted by Gasteiger charge is 2.27. The van der Waals surface area contributed by atoms with E-state index in [1.807, 2.05) is 19.0 Å². The molecule has 3 atom stereocenters. The maximum atomic E-state index is 14.2. The first kappa shape index (κ1) is 27.6. The molecule has 0 heterocycles. The molecule has 0 aromatic heterocycles. The summed E-state index contributed by atoms with van der Waals surface area (Å²) in [5.41, 5.74) is 1.57. The number of halogens is 2. The van der Waals surface area contributed by atoms with Gasteiger partial charge in [0.15, 0.2) is 0 Å². The van der Waals surface area contributed by atoms with Gasteiger partial charge in [-0.2, -0.15) is 5.11 Å². The number of nitrogens with zero attached hydrogens (tertiary/aromatic N) is 4. The molecule has 5 nitrogen and oxygen atoms in total. The summed E-state index contributed by atoms with van der Waals surface area (Å²) in [5.74, 6) is -0.303. The molecule has 2 unspecified atom stereocenters. The van der Waals surface area contributed by atoms with Gasteiger partial charge < -0.3 is 5.32 Å². The fraction of sp³-hybridized carbons (Fsp3) is 0.692. The fourth-order valence-electron chi connectivity index (χ4n) is 4.61. The van der Waals surface area contributed by atoms with Crippen molar-refractivity contribution in [3.8, 4) is 0 Å². The molecule has 1 aromatic carbocycles. The molecule has 0 amide bonds. The van der Waals surface area contributed by atoms with Crippen LogP contribution in [0.4, 0.5) is 10.1 Å². The van der Waals surface area contributed by atoms with Gasteiger partial charge in [-0.1, -0.05) is 54.7 Å². The number of nitrogens with one attached hydrogen (secondary N) is 1. The fourth-order valence-corrected chi connectivity index (χ4v) is 4.78. The van der Waals surface area contributed by atoms with Crippen molar-refractivity contribution < 1.29 is 4.39 Å². The van der Waals surface area contributed by atoms with E-state index in [1.54, 1.807) is 12.1 Å². The zero-order valence-corrected chi connectivity index (χ0v) is 22.1. The second-order valence-corrected chi connectivity index (χ2v) is 9.77. The maximum Gasteiger partial charge on any atom is 0.146 e. The lowest BCUT2D eigenvalue weighted by Gasteiger charge is -2.39. The number of rotatable bonds is 12. The zero-order valence-electron chi connectivity index (χ0n) is 21.3. The molecule has 0 bridgehead atoms. The highest BCUT2D eigenvalue weighted by Crippen LogP contribution is 2.26. The largest absolute Gasteiger partial charge is 0.376 e. The van der Waals surface area contributed by atoms with E-state index in [0.29, 0.717) is 29.3 Å². The van der Waals surface area contributed by atoms with Crippen molar-refractivity contribution >= 4 is 17.3 Å². The monoisotopic (exact) mass is 479 g/mol. The minimum Gasteiger partial charge on any atom is -0.376 e. The Kier molecular flexibility index (Phi) is 11.6. The number of hydrogen-bond acceptors (Lipinski definition) is 4. The van der Waals surface area contributed by atoms with Crippen LogP contribution in [0.3, 0.4) is 0 Å². The molecule has 2 rings (SSSR count). The standard InChI is InChI=1S/C26H43ClFN5/c1-7-19(3)25(29-26-18-22(27)14-15-24(26)28)16-17-32(6)31-30-20(4)21(5)33(8-2)23-12-10-9-11-13-23/h7,14-15,18,20-21,23,25,29H,8-13,16-17H2,1-6H3/b19-7+,31-30-/t20-,21?,25?/m0/s1. The van der Waals surface area contributed by atoms with E-state index in [2.05, 4.69) is 54.3 Å². The summed E-state index contributed by atoms with van der Waals surface area (Å²) in [6.07, 6.45) is 9.47. The topological polar surface area (TPSA) is 43.2 Å². The predicted molar refractivity (Wildman–Crippen MR) is 139 cm³/mol. The number of allylic oxidation sites excluding steroid dienone is 1. The summed E-state index contributed by atoms with van der Waals surface area (Å²) in [4.78, 5) is 2.61. The maximum absolute atomic E-state index is 14.2. The average Bonchev–Trinajstić information content (AvgIpc) is 2.82. The number of hydrogen-bond donors (Lipinski definition) is 1. The third-order valence-corrected chi connectivity index (χ3v) is 7.26. The molecule has 1 aliphatic rings. The van der Waals surface area contributed by atoms with Crippen molar-refractivity contribution in [2.24, 2.45) is 10.3 Å². The van der Waals surface area contributed by atoms with Crippen molar-refractivity contribution in [3.63, 3.8) is 0 Å². The van der Waals surface area contributed by atoms with Gasteiger partial charge in [-0.25, -0.2) is 4.39 Å². The lowest BCUT2D eigenvalue weighted by Crippen LogP contribution is -2.46. The summed E-state index contributed by atoms with van der Waals surface area (Å²) >= 11 is 6.06. The lowest BCUT2D eigenvalue weighted by molar-refractivity contribution is 0.104. The van der Waals surface area contributed by atoms with Crippen LogP contribution in [0.1, 0.15) is 73.1 Å². The highest BCUT2D eigenvalue weighted by molar-refractivity contribution is 6.30. The Balaban J connectivity index is 1.93. The Labute approximate surface area is 205 Å². The molecule has 0 spiro atoms. The zero-order chi connectivity index (χ0) is 24.4. The molecule has 1 aliphatic carbocycles. The first-order valence-electron chi connectivity index (χ1n) is 12.5.